The standard InChI is InChI=1S/C4H7NS/c1-2-4(6)3-5/h1,4,6H,3,5H2. The topological polar surface area (TPSA) is 26.0 Å². The molecule has 0 bridgehead atoms. The summed E-state index contributed by atoms with van der Waals surface area (Å²) in [7, 11) is 0. The van der Waals surface area contributed by atoms with Gasteiger partial charge in [0.15, 0.2) is 0 Å². The van der Waals surface area contributed by atoms with Crippen LogP contribution in [0.5, 0.6) is 0 Å². The van der Waals surface area contributed by atoms with Crippen LogP contribution < -0.4 is 5.73 Å². The Labute approximate surface area is 43.3 Å². The molecule has 0 heterocycles. The minimum Gasteiger partial charge on any atom is -0.328 e. The SMILES string of the molecule is C#CC(S)CN. The van der Waals surface area contributed by atoms with Gasteiger partial charge in [-0.05, 0) is 0 Å². The van der Waals surface area contributed by atoms with Crippen LogP contribution in [0.25, 0.3) is 0 Å². The summed E-state index contributed by atoms with van der Waals surface area (Å²) >= 11 is 3.87. The van der Waals surface area contributed by atoms with E-state index in [0.717, 1.165) is 0 Å². The van der Waals surface area contributed by atoms with Crippen molar-refractivity contribution in [2.24, 2.45) is 5.73 Å². The highest BCUT2D eigenvalue weighted by Gasteiger charge is 1.86. The molecule has 0 rings (SSSR count). The summed E-state index contributed by atoms with van der Waals surface area (Å²) in [6, 6.07) is 0. The molecule has 0 aromatic carbocycles. The largest absolute Gasteiger partial charge is 0.328 e. The molecule has 1 nitrogen and oxygen atoms in total. The third-order valence-corrected chi connectivity index (χ3v) is 0.776. The van der Waals surface area contributed by atoms with E-state index in [2.05, 4.69) is 18.5 Å². The summed E-state index contributed by atoms with van der Waals surface area (Å²) < 4.78 is 0. The maximum atomic E-state index is 5.06. The molecule has 0 aliphatic carbocycles. The van der Waals surface area contributed by atoms with Gasteiger partial charge in [-0.1, -0.05) is 5.92 Å². The number of terminal acetylenes is 1. The van der Waals surface area contributed by atoms with Crippen LogP contribution >= 0.6 is 12.6 Å². The molecule has 0 spiro atoms. The number of hydrogen-bond acceptors (Lipinski definition) is 2. The quantitative estimate of drug-likeness (QED) is 0.349. The summed E-state index contributed by atoms with van der Waals surface area (Å²) in [5.74, 6) is 2.35. The van der Waals surface area contributed by atoms with Crippen molar-refractivity contribution in [1.29, 1.82) is 0 Å². The lowest BCUT2D eigenvalue weighted by atomic mass is 10.4. The molecule has 2 N–H and O–H groups in total. The fourth-order valence-electron chi connectivity index (χ4n) is 0.0680. The normalized spacial score (nSPS) is 12.8. The van der Waals surface area contributed by atoms with Gasteiger partial charge in [0.05, 0.1) is 5.25 Å². The van der Waals surface area contributed by atoms with Crippen molar-refractivity contribution >= 4 is 12.6 Å². The van der Waals surface area contributed by atoms with E-state index in [1.165, 1.54) is 0 Å². The summed E-state index contributed by atoms with van der Waals surface area (Å²) in [4.78, 5) is 0. The zero-order chi connectivity index (χ0) is 4.99. The van der Waals surface area contributed by atoms with E-state index in [0.29, 0.717) is 6.54 Å². The molecule has 0 aromatic heterocycles. The van der Waals surface area contributed by atoms with Gasteiger partial charge in [-0.2, -0.15) is 12.6 Å². The zero-order valence-electron chi connectivity index (χ0n) is 3.39. The Balaban J connectivity index is 3.04. The Morgan fingerprint density at radius 3 is 2.50 bits per heavy atom. The summed E-state index contributed by atoms with van der Waals surface area (Å²) in [5, 5.41) is -0.0648. The highest BCUT2D eigenvalue weighted by molar-refractivity contribution is 7.81. The second-order valence-corrected chi connectivity index (χ2v) is 1.54. The van der Waals surface area contributed by atoms with Gasteiger partial charge in [0.25, 0.3) is 0 Å². The Kier molecular flexibility index (Phi) is 3.01. The van der Waals surface area contributed by atoms with Crippen LogP contribution in [0.1, 0.15) is 0 Å². The molecule has 34 valence electrons. The second-order valence-electron chi connectivity index (χ2n) is 0.918. The molecule has 2 heteroatoms. The number of thiol groups is 1. The maximum Gasteiger partial charge on any atom is 0.0746 e. The lowest BCUT2D eigenvalue weighted by molar-refractivity contribution is 1.06. The van der Waals surface area contributed by atoms with Crippen molar-refractivity contribution in [3.63, 3.8) is 0 Å². The van der Waals surface area contributed by atoms with Gasteiger partial charge >= 0.3 is 0 Å². The Hall–Kier alpha value is -0.130. The van der Waals surface area contributed by atoms with Crippen LogP contribution in [0.2, 0.25) is 0 Å². The van der Waals surface area contributed by atoms with Crippen molar-refractivity contribution in [3.05, 3.63) is 0 Å². The van der Waals surface area contributed by atoms with Crippen LogP contribution in [0.3, 0.4) is 0 Å². The lowest BCUT2D eigenvalue weighted by Crippen LogP contribution is -2.10. The molecule has 0 aliphatic heterocycles. The highest BCUT2D eigenvalue weighted by Crippen LogP contribution is 1.84. The van der Waals surface area contributed by atoms with Gasteiger partial charge in [0.2, 0.25) is 0 Å². The highest BCUT2D eigenvalue weighted by atomic mass is 32.1. The average molecular weight is 101 g/mol. The molecule has 1 unspecified atom stereocenters. The minimum atomic E-state index is -0.0648. The van der Waals surface area contributed by atoms with Gasteiger partial charge in [0, 0.05) is 6.54 Å². The van der Waals surface area contributed by atoms with Gasteiger partial charge in [-0.15, -0.1) is 6.42 Å². The van der Waals surface area contributed by atoms with Crippen molar-refractivity contribution in [3.8, 4) is 12.3 Å². The molecule has 1 atom stereocenters. The first kappa shape index (κ1) is 5.87. The fraction of sp³-hybridized carbons (Fsp3) is 0.500. The third-order valence-electron chi connectivity index (χ3n) is 0.416. The van der Waals surface area contributed by atoms with E-state index in [4.69, 9.17) is 12.2 Å². The van der Waals surface area contributed by atoms with Crippen LogP contribution in [-0.4, -0.2) is 11.8 Å². The van der Waals surface area contributed by atoms with Crippen molar-refractivity contribution < 1.29 is 0 Å². The van der Waals surface area contributed by atoms with Crippen molar-refractivity contribution in [1.82, 2.24) is 0 Å². The molecule has 0 aromatic rings. The summed E-state index contributed by atoms with van der Waals surface area (Å²) in [5.41, 5.74) is 5.06. The predicted molar refractivity (Wildman–Crippen MR) is 30.7 cm³/mol. The summed E-state index contributed by atoms with van der Waals surface area (Å²) in [6.45, 7) is 0.458. The molecular formula is C4H7NS. The van der Waals surface area contributed by atoms with E-state index in [9.17, 15) is 0 Å². The number of hydrogen-bond donors (Lipinski definition) is 2. The van der Waals surface area contributed by atoms with E-state index in [1.54, 1.807) is 0 Å². The maximum absolute atomic E-state index is 5.06. The minimum absolute atomic E-state index is 0.0648. The monoisotopic (exact) mass is 101 g/mol. The Bertz CT molecular complexity index is 64.4. The Morgan fingerprint density at radius 1 is 2.00 bits per heavy atom. The van der Waals surface area contributed by atoms with Crippen LogP contribution in [-0.2, 0) is 0 Å². The van der Waals surface area contributed by atoms with E-state index in [1.807, 2.05) is 0 Å². The fourth-order valence-corrected chi connectivity index (χ4v) is 0.0680. The van der Waals surface area contributed by atoms with E-state index in [-0.39, 0.29) is 5.25 Å². The lowest BCUT2D eigenvalue weighted by Gasteiger charge is -1.90. The molecule has 0 radical (unpaired) electrons. The van der Waals surface area contributed by atoms with E-state index < -0.39 is 0 Å². The zero-order valence-corrected chi connectivity index (χ0v) is 4.28. The molecule has 0 aliphatic rings. The third kappa shape index (κ3) is 2.13. The van der Waals surface area contributed by atoms with Gasteiger partial charge in [0.1, 0.15) is 0 Å². The molecule has 0 saturated carbocycles. The molecule has 0 amide bonds. The van der Waals surface area contributed by atoms with Crippen LogP contribution in [0, 0.1) is 12.3 Å². The van der Waals surface area contributed by atoms with Gasteiger partial charge < -0.3 is 5.73 Å². The molecule has 0 saturated heterocycles. The first-order valence-electron chi connectivity index (χ1n) is 1.65. The summed E-state index contributed by atoms with van der Waals surface area (Å²) in [6.07, 6.45) is 4.88. The molecule has 6 heavy (non-hydrogen) atoms. The van der Waals surface area contributed by atoms with Crippen molar-refractivity contribution in [2.75, 3.05) is 6.54 Å². The first-order chi connectivity index (χ1) is 2.81. The molecular weight excluding hydrogens is 94.1 g/mol. The van der Waals surface area contributed by atoms with Crippen LogP contribution in [0.4, 0.5) is 0 Å². The van der Waals surface area contributed by atoms with Crippen LogP contribution in [0.15, 0.2) is 0 Å². The van der Waals surface area contributed by atoms with E-state index >= 15 is 0 Å². The Morgan fingerprint density at radius 2 is 2.50 bits per heavy atom. The van der Waals surface area contributed by atoms with Crippen molar-refractivity contribution in [2.45, 2.75) is 5.25 Å². The van der Waals surface area contributed by atoms with Gasteiger partial charge in [-0.25, -0.2) is 0 Å². The first-order valence-corrected chi connectivity index (χ1v) is 2.17. The second kappa shape index (κ2) is 3.08. The number of rotatable bonds is 1. The number of nitrogens with two attached hydrogens (primary N) is 1. The predicted octanol–water partition coefficient (Wildman–Crippen LogP) is -0.123. The average Bonchev–Trinajstić information content (AvgIpc) is 1.65. The molecule has 0 fully saturated rings. The van der Waals surface area contributed by atoms with Gasteiger partial charge in [-0.3, -0.25) is 0 Å². The smallest absolute Gasteiger partial charge is 0.0746 e.